The van der Waals surface area contributed by atoms with Gasteiger partial charge < -0.3 is 20.2 Å². The largest absolute Gasteiger partial charge is 0.478 e. The number of ketones is 2. The summed E-state index contributed by atoms with van der Waals surface area (Å²) in [6.07, 6.45) is 3.36. The minimum Gasteiger partial charge on any atom is -0.478 e. The maximum absolute atomic E-state index is 14.2. The van der Waals surface area contributed by atoms with Gasteiger partial charge in [0, 0.05) is 32.1 Å². The molecule has 0 saturated carbocycles. The number of hydrogen-bond acceptors (Lipinski definition) is 7. The summed E-state index contributed by atoms with van der Waals surface area (Å²) in [5, 5.41) is 12.6. The van der Waals surface area contributed by atoms with Gasteiger partial charge in [-0.2, -0.15) is 0 Å². The van der Waals surface area contributed by atoms with Gasteiger partial charge in [-0.3, -0.25) is 14.5 Å². The Kier molecular flexibility index (Phi) is 11.1. The third kappa shape index (κ3) is 8.55. The normalized spacial score (nSPS) is 13.1. The molecule has 0 aliphatic heterocycles. The number of aromatic carboxylic acids is 1. The molecule has 0 heterocycles. The van der Waals surface area contributed by atoms with Crippen LogP contribution in [-0.2, 0) is 29.0 Å². The Morgan fingerprint density at radius 2 is 1.60 bits per heavy atom. The third-order valence-electron chi connectivity index (χ3n) is 7.11. The molecular formula is C31H41FN4O4. The van der Waals surface area contributed by atoms with Crippen LogP contribution in [-0.4, -0.2) is 98.8 Å². The van der Waals surface area contributed by atoms with Crippen LogP contribution in [0, 0.1) is 5.82 Å². The first-order valence-electron chi connectivity index (χ1n) is 13.6. The first-order chi connectivity index (χ1) is 19.0. The lowest BCUT2D eigenvalue weighted by Gasteiger charge is -2.25. The van der Waals surface area contributed by atoms with Gasteiger partial charge in [0.05, 0.1) is 11.1 Å². The topological polar surface area (TPSA) is 93.2 Å². The Balaban J connectivity index is 1.89. The van der Waals surface area contributed by atoms with Gasteiger partial charge in [0.15, 0.2) is 11.6 Å². The highest BCUT2D eigenvalue weighted by molar-refractivity contribution is 6.25. The monoisotopic (exact) mass is 552 g/mol. The first-order valence-corrected chi connectivity index (χ1v) is 13.6. The second kappa shape index (κ2) is 14.3. The van der Waals surface area contributed by atoms with E-state index in [9.17, 15) is 23.9 Å². The van der Waals surface area contributed by atoms with Crippen molar-refractivity contribution < 1.29 is 23.9 Å². The number of hydrogen-bond donors (Lipinski definition) is 2. The maximum Gasteiger partial charge on any atom is 0.335 e. The summed E-state index contributed by atoms with van der Waals surface area (Å²) in [6.45, 7) is 4.01. The van der Waals surface area contributed by atoms with Gasteiger partial charge in [-0.25, -0.2) is 9.18 Å². The molecule has 0 amide bonds. The molecule has 8 nitrogen and oxygen atoms in total. The fourth-order valence-electron chi connectivity index (χ4n) is 5.01. The summed E-state index contributed by atoms with van der Waals surface area (Å²) in [5.74, 6) is -2.15. The standard InChI is InChI=1S/C31H41FN4O4/c1-33-28-18-25(32)15-23-16-27(30(38)19-26(23)28)29(37)17-21-8-9-22(31(39)40)14-24(21)20-36(12-6-10-34(2)3)13-7-11-35(4)5/h8-9,14-16,18,33H,6-7,10-13,17,19-20H2,1-5H3,(H,39,40). The average Bonchev–Trinajstić information content (AvgIpc) is 2.88. The zero-order valence-electron chi connectivity index (χ0n) is 24.2. The van der Waals surface area contributed by atoms with Crippen LogP contribution in [0.25, 0.3) is 6.08 Å². The van der Waals surface area contributed by atoms with Crippen LogP contribution in [0.3, 0.4) is 0 Å². The number of carboxylic acid groups (broad SMARTS) is 1. The Morgan fingerprint density at radius 3 is 2.17 bits per heavy atom. The van der Waals surface area contributed by atoms with Crippen LogP contribution in [0.1, 0.15) is 45.5 Å². The van der Waals surface area contributed by atoms with Crippen LogP contribution in [0.2, 0.25) is 0 Å². The van der Waals surface area contributed by atoms with Gasteiger partial charge in [-0.05, 0) is 120 Å². The first kappa shape index (κ1) is 31.1. The van der Waals surface area contributed by atoms with Gasteiger partial charge in [-0.1, -0.05) is 6.07 Å². The minimum absolute atomic E-state index is 0.0136. The molecule has 0 saturated heterocycles. The fourth-order valence-corrected chi connectivity index (χ4v) is 5.01. The number of carboxylic acids is 1. The van der Waals surface area contributed by atoms with Crippen molar-refractivity contribution in [3.63, 3.8) is 0 Å². The third-order valence-corrected chi connectivity index (χ3v) is 7.11. The molecule has 0 fully saturated rings. The molecule has 0 atom stereocenters. The smallest absolute Gasteiger partial charge is 0.335 e. The van der Waals surface area contributed by atoms with Crippen LogP contribution in [0.15, 0.2) is 35.9 Å². The number of nitrogens with one attached hydrogen (secondary N) is 1. The summed E-state index contributed by atoms with van der Waals surface area (Å²) in [6, 6.07) is 7.48. The molecule has 0 bridgehead atoms. The second-order valence-corrected chi connectivity index (χ2v) is 10.9. The van der Waals surface area contributed by atoms with E-state index in [1.807, 2.05) is 28.2 Å². The summed E-state index contributed by atoms with van der Waals surface area (Å²) < 4.78 is 14.2. The molecule has 0 aromatic heterocycles. The number of rotatable bonds is 15. The second-order valence-electron chi connectivity index (χ2n) is 10.9. The quantitative estimate of drug-likeness (QED) is 0.324. The summed E-state index contributed by atoms with van der Waals surface area (Å²) in [7, 11) is 9.79. The molecule has 3 rings (SSSR count). The Labute approximate surface area is 236 Å². The number of nitrogens with zero attached hydrogens (tertiary/aromatic N) is 3. The minimum atomic E-state index is -1.03. The van der Waals surface area contributed by atoms with Crippen molar-refractivity contribution in [3.05, 3.63) is 69.5 Å². The van der Waals surface area contributed by atoms with Crippen molar-refractivity contribution >= 4 is 29.3 Å². The highest BCUT2D eigenvalue weighted by Gasteiger charge is 2.27. The molecule has 0 unspecified atom stereocenters. The van der Waals surface area contributed by atoms with Crippen LogP contribution >= 0.6 is 0 Å². The van der Waals surface area contributed by atoms with Gasteiger partial charge >= 0.3 is 5.97 Å². The van der Waals surface area contributed by atoms with Gasteiger partial charge in [-0.15, -0.1) is 0 Å². The molecule has 0 radical (unpaired) electrons. The average molecular weight is 553 g/mol. The van der Waals surface area contributed by atoms with Crippen LogP contribution < -0.4 is 5.32 Å². The molecule has 40 heavy (non-hydrogen) atoms. The SMILES string of the molecule is CNc1cc(F)cc2c1CC(=O)C(C(=O)Cc1ccc(C(=O)O)cc1CN(CCCN(C)C)CCCN(C)C)=C2. The van der Waals surface area contributed by atoms with Gasteiger partial charge in [0.2, 0.25) is 0 Å². The Hall–Kier alpha value is -3.40. The Morgan fingerprint density at radius 1 is 0.950 bits per heavy atom. The van der Waals surface area contributed by atoms with Crippen molar-refractivity contribution in [1.29, 1.82) is 0 Å². The van der Waals surface area contributed by atoms with Gasteiger partial charge in [0.1, 0.15) is 5.82 Å². The predicted molar refractivity (Wildman–Crippen MR) is 156 cm³/mol. The number of carbonyl (C=O) groups is 3. The number of fused-ring (bicyclic) bond motifs is 1. The molecule has 2 N–H and O–H groups in total. The van der Waals surface area contributed by atoms with E-state index < -0.39 is 11.8 Å². The van der Waals surface area contributed by atoms with E-state index in [1.165, 1.54) is 24.3 Å². The summed E-state index contributed by atoms with van der Waals surface area (Å²) in [4.78, 5) is 44.8. The molecule has 1 aliphatic rings. The van der Waals surface area contributed by atoms with Crippen molar-refractivity contribution in [2.45, 2.75) is 32.2 Å². The molecular weight excluding hydrogens is 511 g/mol. The highest BCUT2D eigenvalue weighted by atomic mass is 19.1. The lowest BCUT2D eigenvalue weighted by atomic mass is 9.86. The van der Waals surface area contributed by atoms with Crippen LogP contribution in [0.4, 0.5) is 10.1 Å². The van der Waals surface area contributed by atoms with E-state index in [0.717, 1.165) is 44.6 Å². The fraction of sp³-hybridized carbons (Fsp3) is 0.452. The van der Waals surface area contributed by atoms with Crippen molar-refractivity contribution in [2.24, 2.45) is 0 Å². The molecule has 2 aromatic rings. The van der Waals surface area contributed by atoms with E-state index in [-0.39, 0.29) is 35.5 Å². The van der Waals surface area contributed by atoms with E-state index in [4.69, 9.17) is 0 Å². The molecule has 1 aliphatic carbocycles. The summed E-state index contributed by atoms with van der Waals surface area (Å²) >= 11 is 0. The van der Waals surface area contributed by atoms with Crippen molar-refractivity contribution in [3.8, 4) is 0 Å². The van der Waals surface area contributed by atoms with Gasteiger partial charge in [0.25, 0.3) is 0 Å². The molecule has 9 heteroatoms. The molecule has 0 spiro atoms. The van der Waals surface area contributed by atoms with E-state index in [0.29, 0.717) is 28.9 Å². The highest BCUT2D eigenvalue weighted by Crippen LogP contribution is 2.30. The number of allylic oxidation sites excluding steroid dienone is 1. The number of anilines is 1. The molecule has 2 aromatic carbocycles. The number of Topliss-reactive ketones (excluding diaryl/α,β-unsaturated/α-hetero) is 2. The Bertz CT molecular complexity index is 1260. The number of carbonyl (C=O) groups excluding carboxylic acids is 2. The summed E-state index contributed by atoms with van der Waals surface area (Å²) in [5.41, 5.74) is 3.36. The van der Waals surface area contributed by atoms with E-state index in [1.54, 1.807) is 19.2 Å². The van der Waals surface area contributed by atoms with Crippen molar-refractivity contribution in [2.75, 3.05) is 66.7 Å². The maximum atomic E-state index is 14.2. The zero-order valence-corrected chi connectivity index (χ0v) is 24.2. The van der Waals surface area contributed by atoms with Crippen molar-refractivity contribution in [1.82, 2.24) is 14.7 Å². The number of halogens is 1. The predicted octanol–water partition coefficient (Wildman–Crippen LogP) is 3.59. The van der Waals surface area contributed by atoms with Crippen LogP contribution in [0.5, 0.6) is 0 Å². The molecule has 216 valence electrons. The lowest BCUT2D eigenvalue weighted by Crippen LogP contribution is -2.30. The van der Waals surface area contributed by atoms with E-state index in [2.05, 4.69) is 20.0 Å². The zero-order chi connectivity index (χ0) is 29.4. The van der Waals surface area contributed by atoms with E-state index >= 15 is 0 Å². The number of benzene rings is 2. The lowest BCUT2D eigenvalue weighted by molar-refractivity contribution is -0.120.